The van der Waals surface area contributed by atoms with E-state index in [1.54, 1.807) is 6.07 Å². The molecule has 1 aromatic heterocycles. The highest BCUT2D eigenvalue weighted by atomic mass is 32.2. The third kappa shape index (κ3) is 4.91. The number of halogens is 3. The fraction of sp³-hybridized carbons (Fsp3) is 0.318. The molecule has 0 saturated heterocycles. The number of aromatic nitrogens is 4. The van der Waals surface area contributed by atoms with Gasteiger partial charge < -0.3 is 5.32 Å². The van der Waals surface area contributed by atoms with Gasteiger partial charge in [-0.1, -0.05) is 49.9 Å². The number of carbonyl (C=O) groups is 2. The molecule has 3 aromatic rings. The molecule has 2 amide bonds. The van der Waals surface area contributed by atoms with Crippen LogP contribution in [-0.2, 0) is 9.59 Å². The quantitative estimate of drug-likeness (QED) is 0.540. The molecular formula is C22H21F3N6O2S. The summed E-state index contributed by atoms with van der Waals surface area (Å²) in [5.74, 6) is -1.65. The van der Waals surface area contributed by atoms with Crippen molar-refractivity contribution >= 4 is 35.0 Å². The third-order valence-electron chi connectivity index (χ3n) is 5.34. The van der Waals surface area contributed by atoms with Crippen LogP contribution in [0.3, 0.4) is 0 Å². The van der Waals surface area contributed by atoms with E-state index in [4.69, 9.17) is 0 Å². The molecule has 178 valence electrons. The Hall–Kier alpha value is -3.41. The lowest BCUT2D eigenvalue weighted by Crippen LogP contribution is -2.50. The zero-order valence-electron chi connectivity index (χ0n) is 18.3. The molecule has 34 heavy (non-hydrogen) atoms. The van der Waals surface area contributed by atoms with Crippen molar-refractivity contribution in [2.75, 3.05) is 16.0 Å². The van der Waals surface area contributed by atoms with Crippen molar-refractivity contribution in [3.05, 3.63) is 54.1 Å². The first-order chi connectivity index (χ1) is 16.1. The number of nitrogens with one attached hydrogen (secondary N) is 1. The third-order valence-corrected chi connectivity index (χ3v) is 6.25. The van der Waals surface area contributed by atoms with Gasteiger partial charge >= 0.3 is 6.18 Å². The molecule has 12 heteroatoms. The van der Waals surface area contributed by atoms with Gasteiger partial charge in [-0.25, -0.2) is 0 Å². The van der Waals surface area contributed by atoms with E-state index in [-0.39, 0.29) is 22.3 Å². The normalized spacial score (nSPS) is 16.2. The van der Waals surface area contributed by atoms with Gasteiger partial charge in [0, 0.05) is 0 Å². The number of nitrogens with zero attached hydrogens (tertiary/aromatic N) is 5. The van der Waals surface area contributed by atoms with Gasteiger partial charge in [-0.15, -0.1) is 5.10 Å². The monoisotopic (exact) mass is 490 g/mol. The summed E-state index contributed by atoms with van der Waals surface area (Å²) in [6.45, 7) is 4.13. The van der Waals surface area contributed by atoms with Crippen LogP contribution in [0, 0.1) is 0 Å². The number of tetrazole rings is 1. The molecule has 0 spiro atoms. The molecule has 1 atom stereocenters. The predicted molar refractivity (Wildman–Crippen MR) is 121 cm³/mol. The van der Waals surface area contributed by atoms with Gasteiger partial charge in [0.1, 0.15) is 6.04 Å². The highest BCUT2D eigenvalue weighted by molar-refractivity contribution is 7.99. The van der Waals surface area contributed by atoms with Gasteiger partial charge in [0.05, 0.1) is 29.2 Å². The zero-order valence-corrected chi connectivity index (χ0v) is 19.1. The Morgan fingerprint density at radius 2 is 1.88 bits per heavy atom. The number of carbonyl (C=O) groups excluding carboxylic acids is 2. The Labute approximate surface area is 197 Å². The summed E-state index contributed by atoms with van der Waals surface area (Å²) in [7, 11) is 0. The van der Waals surface area contributed by atoms with Crippen molar-refractivity contribution in [2.45, 2.75) is 43.6 Å². The number of para-hydroxylation sites is 2. The predicted octanol–water partition coefficient (Wildman–Crippen LogP) is 4.18. The average molecular weight is 491 g/mol. The first-order valence-electron chi connectivity index (χ1n) is 10.4. The molecule has 0 fully saturated rings. The molecular weight excluding hydrogens is 469 g/mol. The largest absolute Gasteiger partial charge is 0.409 e. The van der Waals surface area contributed by atoms with E-state index in [2.05, 4.69) is 34.7 Å². The Morgan fingerprint density at radius 1 is 1.18 bits per heavy atom. The molecule has 0 aliphatic carbocycles. The van der Waals surface area contributed by atoms with E-state index in [1.165, 1.54) is 22.9 Å². The number of fused-ring (bicyclic) bond motifs is 1. The summed E-state index contributed by atoms with van der Waals surface area (Å²) in [6, 6.07) is 11.2. The number of alkyl halides is 3. The molecule has 0 bridgehead atoms. The minimum Gasteiger partial charge on any atom is -0.324 e. The molecule has 1 aliphatic heterocycles. The van der Waals surface area contributed by atoms with Crippen molar-refractivity contribution in [1.29, 1.82) is 0 Å². The summed E-state index contributed by atoms with van der Waals surface area (Å²) in [6.07, 6.45) is -5.69. The molecule has 1 N–H and O–H groups in total. The molecule has 1 aliphatic rings. The van der Waals surface area contributed by atoms with Crippen LogP contribution in [0.15, 0.2) is 53.7 Å². The summed E-state index contributed by atoms with van der Waals surface area (Å²) in [5.41, 5.74) is 1.92. The minimum atomic E-state index is -4.80. The van der Waals surface area contributed by atoms with Crippen LogP contribution >= 0.6 is 11.8 Å². The number of hydrogen-bond donors (Lipinski definition) is 1. The van der Waals surface area contributed by atoms with Gasteiger partial charge in [-0.05, 0) is 46.2 Å². The Kier molecular flexibility index (Phi) is 6.60. The van der Waals surface area contributed by atoms with Crippen molar-refractivity contribution in [2.24, 2.45) is 0 Å². The minimum absolute atomic E-state index is 0.00913. The fourth-order valence-corrected chi connectivity index (χ4v) is 4.37. The van der Waals surface area contributed by atoms with Crippen molar-refractivity contribution in [3.63, 3.8) is 0 Å². The molecule has 0 saturated carbocycles. The van der Waals surface area contributed by atoms with Crippen molar-refractivity contribution in [1.82, 2.24) is 20.2 Å². The summed E-state index contributed by atoms with van der Waals surface area (Å²) < 4.78 is 43.0. The van der Waals surface area contributed by atoms with Crippen LogP contribution in [0.2, 0.25) is 0 Å². The van der Waals surface area contributed by atoms with Crippen LogP contribution in [0.1, 0.15) is 31.7 Å². The lowest BCUT2D eigenvalue weighted by atomic mass is 10.0. The number of hydrogen-bond acceptors (Lipinski definition) is 6. The number of anilines is 2. The van der Waals surface area contributed by atoms with Gasteiger partial charge in [0.2, 0.25) is 17.0 Å². The molecule has 2 heterocycles. The maximum Gasteiger partial charge on any atom is 0.409 e. The van der Waals surface area contributed by atoms with Crippen molar-refractivity contribution in [3.8, 4) is 5.69 Å². The highest BCUT2D eigenvalue weighted by Gasteiger charge is 2.48. The maximum atomic E-state index is 13.9. The number of rotatable bonds is 5. The fourth-order valence-electron chi connectivity index (χ4n) is 3.62. The second-order valence-corrected chi connectivity index (χ2v) is 8.94. The van der Waals surface area contributed by atoms with Crippen LogP contribution in [0.25, 0.3) is 5.69 Å². The topological polar surface area (TPSA) is 93.0 Å². The summed E-state index contributed by atoms with van der Waals surface area (Å²) in [4.78, 5) is 25.9. The van der Waals surface area contributed by atoms with E-state index in [1.807, 2.05) is 24.3 Å². The molecule has 1 unspecified atom stereocenters. The lowest BCUT2D eigenvalue weighted by Gasteiger charge is -2.31. The smallest absolute Gasteiger partial charge is 0.324 e. The maximum absolute atomic E-state index is 13.9. The lowest BCUT2D eigenvalue weighted by molar-refractivity contribution is -0.157. The standard InChI is InChI=1S/C22H21F3N6O2S/c1-13(2)14-7-9-15(10-8-14)31-21(27-28-29-31)34-12-20(33)30-17-6-4-3-5-16(17)26-19(32)11-18(30)22(23,24)25/h3-10,13,18H,11-12H2,1-2H3,(H,26,32). The molecule has 4 rings (SSSR count). The van der Waals surface area contributed by atoms with Gasteiger partial charge in [0.25, 0.3) is 0 Å². The number of amides is 2. The molecule has 0 radical (unpaired) electrons. The summed E-state index contributed by atoms with van der Waals surface area (Å²) in [5, 5.41) is 14.2. The van der Waals surface area contributed by atoms with Gasteiger partial charge in [0.15, 0.2) is 0 Å². The van der Waals surface area contributed by atoms with E-state index in [9.17, 15) is 22.8 Å². The second kappa shape index (κ2) is 9.45. The van der Waals surface area contributed by atoms with Gasteiger partial charge in [-0.3, -0.25) is 14.5 Å². The van der Waals surface area contributed by atoms with E-state index in [0.29, 0.717) is 16.5 Å². The first kappa shape index (κ1) is 23.7. The van der Waals surface area contributed by atoms with Crippen LogP contribution in [0.4, 0.5) is 24.5 Å². The Morgan fingerprint density at radius 3 is 2.56 bits per heavy atom. The second-order valence-electron chi connectivity index (χ2n) is 8.00. The zero-order chi connectivity index (χ0) is 24.5. The van der Waals surface area contributed by atoms with Crippen LogP contribution in [-0.4, -0.2) is 50.0 Å². The van der Waals surface area contributed by atoms with E-state index in [0.717, 1.165) is 17.3 Å². The molecule has 8 nitrogen and oxygen atoms in total. The SMILES string of the molecule is CC(C)c1ccc(-n2nnnc2SCC(=O)N2c3ccccc3NC(=O)CC2C(F)(F)F)cc1. The number of benzene rings is 2. The van der Waals surface area contributed by atoms with Crippen molar-refractivity contribution < 1.29 is 22.8 Å². The Bertz CT molecular complexity index is 1200. The first-order valence-corrected chi connectivity index (χ1v) is 11.4. The van der Waals surface area contributed by atoms with E-state index < -0.39 is 30.5 Å². The molecule has 2 aromatic carbocycles. The van der Waals surface area contributed by atoms with Crippen LogP contribution < -0.4 is 10.2 Å². The average Bonchev–Trinajstić information content (AvgIpc) is 3.19. The van der Waals surface area contributed by atoms with E-state index >= 15 is 0 Å². The van der Waals surface area contributed by atoms with Crippen LogP contribution in [0.5, 0.6) is 0 Å². The van der Waals surface area contributed by atoms with Gasteiger partial charge in [-0.2, -0.15) is 17.9 Å². The number of thioether (sulfide) groups is 1. The highest BCUT2D eigenvalue weighted by Crippen LogP contribution is 2.38. The summed E-state index contributed by atoms with van der Waals surface area (Å²) >= 11 is 0.919. The Balaban J connectivity index is 1.59.